The first-order chi connectivity index (χ1) is 14.7. The van der Waals surface area contributed by atoms with Crippen molar-refractivity contribution in [1.29, 1.82) is 0 Å². The highest BCUT2D eigenvalue weighted by atomic mass is 32.2. The highest BCUT2D eigenvalue weighted by Gasteiger charge is 2.32. The summed E-state index contributed by atoms with van der Waals surface area (Å²) < 4.78 is 67.2. The average molecular weight is 451 g/mol. The van der Waals surface area contributed by atoms with Crippen molar-refractivity contribution < 1.29 is 26.4 Å². The SMILES string of the molecule is Cc1[nH]c2ccc(F)cc2c1CC(=O)N1CCN(S(=O)(=O)c2ccc(F)cc2F)CC1. The second-order valence-corrected chi connectivity index (χ2v) is 9.36. The Kier molecular flexibility index (Phi) is 5.52. The fraction of sp³-hybridized carbons (Fsp3) is 0.286. The molecule has 2 heterocycles. The third-order valence-electron chi connectivity index (χ3n) is 5.51. The topological polar surface area (TPSA) is 73.5 Å². The molecule has 1 aliphatic rings. The predicted molar refractivity (Wildman–Crippen MR) is 108 cm³/mol. The summed E-state index contributed by atoms with van der Waals surface area (Å²) in [6.07, 6.45) is 0.0502. The van der Waals surface area contributed by atoms with Crippen LogP contribution in [-0.4, -0.2) is 54.7 Å². The van der Waals surface area contributed by atoms with Gasteiger partial charge in [0, 0.05) is 48.8 Å². The second kappa shape index (κ2) is 8.01. The van der Waals surface area contributed by atoms with E-state index in [0.29, 0.717) is 17.0 Å². The van der Waals surface area contributed by atoms with Crippen molar-refractivity contribution in [2.24, 2.45) is 0 Å². The molecule has 3 aromatic rings. The number of H-pyrrole nitrogens is 1. The van der Waals surface area contributed by atoms with Crippen LogP contribution in [0.5, 0.6) is 0 Å². The Morgan fingerprint density at radius 1 is 1.00 bits per heavy atom. The number of sulfonamides is 1. The van der Waals surface area contributed by atoms with Gasteiger partial charge in [-0.25, -0.2) is 21.6 Å². The van der Waals surface area contributed by atoms with E-state index < -0.39 is 32.4 Å². The van der Waals surface area contributed by atoms with Crippen LogP contribution in [0.1, 0.15) is 11.3 Å². The van der Waals surface area contributed by atoms with Gasteiger partial charge in [0.25, 0.3) is 0 Å². The highest BCUT2D eigenvalue weighted by molar-refractivity contribution is 7.89. The second-order valence-electron chi connectivity index (χ2n) is 7.45. The van der Waals surface area contributed by atoms with E-state index in [0.717, 1.165) is 27.6 Å². The van der Waals surface area contributed by atoms with Gasteiger partial charge in [-0.2, -0.15) is 4.31 Å². The van der Waals surface area contributed by atoms with Gasteiger partial charge in [-0.1, -0.05) is 0 Å². The molecular formula is C21H20F3N3O3S. The van der Waals surface area contributed by atoms with Gasteiger partial charge in [-0.05, 0) is 42.8 Å². The third-order valence-corrected chi connectivity index (χ3v) is 7.44. The summed E-state index contributed by atoms with van der Waals surface area (Å²) in [6.45, 7) is 2.06. The number of nitrogens with zero attached hydrogens (tertiary/aromatic N) is 2. The van der Waals surface area contributed by atoms with E-state index in [9.17, 15) is 26.4 Å². The number of hydrogen-bond donors (Lipinski definition) is 1. The maximum atomic E-state index is 14.0. The monoisotopic (exact) mass is 451 g/mol. The quantitative estimate of drug-likeness (QED) is 0.663. The van der Waals surface area contributed by atoms with Gasteiger partial charge in [-0.3, -0.25) is 4.79 Å². The van der Waals surface area contributed by atoms with Crippen molar-refractivity contribution in [2.75, 3.05) is 26.2 Å². The first kappa shape index (κ1) is 21.4. The Hall–Kier alpha value is -2.85. The number of aromatic nitrogens is 1. The summed E-state index contributed by atoms with van der Waals surface area (Å²) in [5.41, 5.74) is 2.20. The van der Waals surface area contributed by atoms with E-state index in [4.69, 9.17) is 0 Å². The largest absolute Gasteiger partial charge is 0.358 e. The van der Waals surface area contributed by atoms with Crippen molar-refractivity contribution >= 4 is 26.8 Å². The molecule has 1 saturated heterocycles. The molecule has 4 rings (SSSR count). The Balaban J connectivity index is 1.46. The van der Waals surface area contributed by atoms with Crippen LogP contribution in [0.2, 0.25) is 0 Å². The maximum Gasteiger partial charge on any atom is 0.246 e. The summed E-state index contributed by atoms with van der Waals surface area (Å²) in [5, 5.41) is 0.638. The molecule has 0 bridgehead atoms. The number of piperazine rings is 1. The number of benzene rings is 2. The van der Waals surface area contributed by atoms with Crippen molar-refractivity contribution in [3.63, 3.8) is 0 Å². The van der Waals surface area contributed by atoms with E-state index in [1.54, 1.807) is 6.07 Å². The molecule has 1 N–H and O–H groups in total. The molecule has 1 fully saturated rings. The highest BCUT2D eigenvalue weighted by Crippen LogP contribution is 2.25. The van der Waals surface area contributed by atoms with E-state index in [1.165, 1.54) is 17.0 Å². The number of aryl methyl sites for hydroxylation is 1. The molecule has 0 unspecified atom stereocenters. The molecule has 0 aliphatic carbocycles. The number of rotatable bonds is 4. The van der Waals surface area contributed by atoms with Gasteiger partial charge >= 0.3 is 0 Å². The molecule has 1 aromatic heterocycles. The lowest BCUT2D eigenvalue weighted by molar-refractivity contribution is -0.131. The number of carbonyl (C=O) groups is 1. The smallest absolute Gasteiger partial charge is 0.246 e. The number of aromatic amines is 1. The zero-order chi connectivity index (χ0) is 22.3. The van der Waals surface area contributed by atoms with E-state index >= 15 is 0 Å². The summed E-state index contributed by atoms with van der Waals surface area (Å²) in [6, 6.07) is 6.65. The van der Waals surface area contributed by atoms with Crippen molar-refractivity contribution in [3.05, 3.63) is 65.1 Å². The lowest BCUT2D eigenvalue weighted by Crippen LogP contribution is -2.51. The summed E-state index contributed by atoms with van der Waals surface area (Å²) >= 11 is 0. The van der Waals surface area contributed by atoms with E-state index in [-0.39, 0.29) is 38.5 Å². The van der Waals surface area contributed by atoms with Gasteiger partial charge < -0.3 is 9.88 Å². The molecule has 2 aromatic carbocycles. The Morgan fingerprint density at radius 3 is 2.32 bits per heavy atom. The van der Waals surface area contributed by atoms with Crippen LogP contribution in [0.4, 0.5) is 13.2 Å². The van der Waals surface area contributed by atoms with Gasteiger partial charge in [0.2, 0.25) is 15.9 Å². The minimum atomic E-state index is -4.14. The maximum absolute atomic E-state index is 14.0. The fourth-order valence-corrected chi connectivity index (χ4v) is 5.31. The Morgan fingerprint density at radius 2 is 1.65 bits per heavy atom. The van der Waals surface area contributed by atoms with Crippen LogP contribution < -0.4 is 0 Å². The number of hydrogen-bond acceptors (Lipinski definition) is 3. The number of halogens is 3. The third kappa shape index (κ3) is 4.05. The van der Waals surface area contributed by atoms with Crippen LogP contribution in [-0.2, 0) is 21.2 Å². The standard InChI is InChI=1S/C21H20F3N3O3S/c1-13-16(17-10-14(22)2-4-19(17)25-13)12-21(28)26-6-8-27(9-7-26)31(29,30)20-5-3-15(23)11-18(20)24/h2-5,10-11,25H,6-9,12H2,1H3. The van der Waals surface area contributed by atoms with Crippen LogP contribution in [0.3, 0.4) is 0 Å². The zero-order valence-corrected chi connectivity index (χ0v) is 17.5. The lowest BCUT2D eigenvalue weighted by Gasteiger charge is -2.34. The van der Waals surface area contributed by atoms with Crippen LogP contribution in [0.25, 0.3) is 10.9 Å². The zero-order valence-electron chi connectivity index (χ0n) is 16.7. The normalized spacial score (nSPS) is 15.5. The summed E-state index contributed by atoms with van der Waals surface area (Å²) in [7, 11) is -4.14. The summed E-state index contributed by atoms with van der Waals surface area (Å²) in [4.78, 5) is 16.9. The molecule has 0 saturated carbocycles. The minimum absolute atomic E-state index is 0.00755. The van der Waals surface area contributed by atoms with Gasteiger partial charge in [0.05, 0.1) is 6.42 Å². The molecule has 0 radical (unpaired) electrons. The molecule has 0 spiro atoms. The summed E-state index contributed by atoms with van der Waals surface area (Å²) in [5.74, 6) is -2.62. The molecule has 1 aliphatic heterocycles. The van der Waals surface area contributed by atoms with Crippen LogP contribution >= 0.6 is 0 Å². The molecule has 31 heavy (non-hydrogen) atoms. The van der Waals surface area contributed by atoms with Gasteiger partial charge in [0.1, 0.15) is 22.3 Å². The Bertz CT molecular complexity index is 1270. The van der Waals surface area contributed by atoms with Gasteiger partial charge in [-0.15, -0.1) is 0 Å². The molecule has 10 heteroatoms. The van der Waals surface area contributed by atoms with Crippen molar-refractivity contribution in [1.82, 2.24) is 14.2 Å². The molecule has 164 valence electrons. The number of nitrogens with one attached hydrogen (secondary N) is 1. The number of amides is 1. The predicted octanol–water partition coefficient (Wildman–Crippen LogP) is 2.97. The van der Waals surface area contributed by atoms with Crippen molar-refractivity contribution in [2.45, 2.75) is 18.2 Å². The first-order valence-corrected chi connectivity index (χ1v) is 11.1. The first-order valence-electron chi connectivity index (χ1n) is 9.66. The van der Waals surface area contributed by atoms with Crippen LogP contribution in [0, 0.1) is 24.4 Å². The van der Waals surface area contributed by atoms with E-state index in [1.807, 2.05) is 6.92 Å². The van der Waals surface area contributed by atoms with Crippen LogP contribution in [0.15, 0.2) is 41.3 Å². The average Bonchev–Trinajstić information content (AvgIpc) is 3.02. The van der Waals surface area contributed by atoms with Crippen molar-refractivity contribution in [3.8, 4) is 0 Å². The minimum Gasteiger partial charge on any atom is -0.358 e. The molecule has 0 atom stereocenters. The fourth-order valence-electron chi connectivity index (χ4n) is 3.85. The number of fused-ring (bicyclic) bond motifs is 1. The lowest BCUT2D eigenvalue weighted by atomic mass is 10.1. The molecule has 6 nitrogen and oxygen atoms in total. The van der Waals surface area contributed by atoms with E-state index in [2.05, 4.69) is 4.98 Å². The molecule has 1 amide bonds. The number of carbonyl (C=O) groups excluding carboxylic acids is 1. The molecular weight excluding hydrogens is 431 g/mol. The van der Waals surface area contributed by atoms with Gasteiger partial charge in [0.15, 0.2) is 0 Å². The Labute approximate surface area is 177 Å².